The summed E-state index contributed by atoms with van der Waals surface area (Å²) in [6.45, 7) is 2.02. The molecule has 174 valence electrons. The van der Waals surface area contributed by atoms with E-state index in [1.54, 1.807) is 0 Å². The Morgan fingerprint density at radius 1 is 0.781 bits per heavy atom. The Bertz CT molecular complexity index is 844. The minimum Gasteiger partial charge on any atom is -0.341 e. The van der Waals surface area contributed by atoms with Crippen LogP contribution in [0.15, 0.2) is 24.3 Å². The normalized spacial score (nSPS) is 37.2. The number of ether oxygens (including phenoxy) is 5. The molecule has 0 unspecified atom stereocenters. The van der Waals surface area contributed by atoms with Gasteiger partial charge in [-0.15, -0.1) is 0 Å². The number of hydrogen-bond donors (Lipinski definition) is 1. The molecule has 32 heavy (non-hydrogen) atoms. The first-order valence-electron chi connectivity index (χ1n) is 12.3. The van der Waals surface area contributed by atoms with Gasteiger partial charge in [0.2, 0.25) is 0 Å². The second kappa shape index (κ2) is 8.06. The van der Waals surface area contributed by atoms with Crippen LogP contribution in [-0.4, -0.2) is 48.2 Å². The number of anilines is 1. The van der Waals surface area contributed by atoms with E-state index in [0.29, 0.717) is 0 Å². The molecule has 0 radical (unpaired) electrons. The quantitative estimate of drug-likeness (QED) is 0.739. The summed E-state index contributed by atoms with van der Waals surface area (Å²) < 4.78 is 32.3. The molecule has 2 spiro atoms. The molecule has 5 aliphatic rings. The van der Waals surface area contributed by atoms with Crippen LogP contribution in [0.4, 0.5) is 5.69 Å². The van der Waals surface area contributed by atoms with Crippen LogP contribution in [0.25, 0.3) is 0 Å². The number of carbonyl (C=O) groups excluding carboxylic acids is 1. The minimum absolute atomic E-state index is 0.230. The van der Waals surface area contributed by atoms with Gasteiger partial charge in [0.25, 0.3) is 5.91 Å². The Morgan fingerprint density at radius 3 is 2.00 bits per heavy atom. The second-order valence-electron chi connectivity index (χ2n) is 10.1. The van der Waals surface area contributed by atoms with Crippen molar-refractivity contribution in [2.24, 2.45) is 0 Å². The van der Waals surface area contributed by atoms with E-state index in [1.807, 2.05) is 31.2 Å². The highest BCUT2D eigenvalue weighted by Crippen LogP contribution is 2.51. The monoisotopic (exact) mass is 443 g/mol. The summed E-state index contributed by atoms with van der Waals surface area (Å²) >= 11 is 0. The number of fused-ring (bicyclic) bond motifs is 3. The molecule has 2 aliphatic carbocycles. The van der Waals surface area contributed by atoms with Gasteiger partial charge < -0.3 is 29.0 Å². The summed E-state index contributed by atoms with van der Waals surface area (Å²) in [7, 11) is 0. The molecular formula is C25H33NO6. The van der Waals surface area contributed by atoms with Crippen molar-refractivity contribution in [1.82, 2.24) is 0 Å². The van der Waals surface area contributed by atoms with E-state index >= 15 is 0 Å². The van der Waals surface area contributed by atoms with Crippen LogP contribution in [0.1, 0.15) is 69.8 Å². The van der Waals surface area contributed by atoms with Crippen LogP contribution in [0.5, 0.6) is 0 Å². The third-order valence-electron chi connectivity index (χ3n) is 7.69. The fraction of sp³-hybridized carbons (Fsp3) is 0.720. The zero-order chi connectivity index (χ0) is 21.8. The summed E-state index contributed by atoms with van der Waals surface area (Å²) in [5.41, 5.74) is 1.88. The lowest BCUT2D eigenvalue weighted by molar-refractivity contribution is -0.246. The van der Waals surface area contributed by atoms with Crippen molar-refractivity contribution in [2.75, 3.05) is 5.32 Å². The standard InChI is InChI=1S/C25H33NO6/c1-16-8-10-17(11-9-16)26-22(27)20-18-19(30-24(29-18)12-4-2-5-13-24)21-23(28-20)32-25(31-21)14-6-3-7-15-25/h8-11,18-21,23H,2-7,12-15H2,1H3,(H,26,27)/t18-,19-,20+,21+,23-/m0/s1. The van der Waals surface area contributed by atoms with E-state index in [4.69, 9.17) is 23.7 Å². The largest absolute Gasteiger partial charge is 0.341 e. The number of rotatable bonds is 2. The van der Waals surface area contributed by atoms with Gasteiger partial charge in [0.15, 0.2) is 24.0 Å². The summed E-state index contributed by atoms with van der Waals surface area (Å²) in [5, 5.41) is 3.00. The molecule has 1 amide bonds. The lowest BCUT2D eigenvalue weighted by Gasteiger charge is -2.36. The Balaban J connectivity index is 1.27. The molecule has 2 saturated carbocycles. The van der Waals surface area contributed by atoms with Crippen LogP contribution in [0.2, 0.25) is 0 Å². The van der Waals surface area contributed by atoms with Crippen molar-refractivity contribution in [3.8, 4) is 0 Å². The van der Waals surface area contributed by atoms with Gasteiger partial charge in [-0.2, -0.15) is 0 Å². The van der Waals surface area contributed by atoms with Crippen LogP contribution in [0, 0.1) is 6.92 Å². The van der Waals surface area contributed by atoms with Crippen LogP contribution in [0.3, 0.4) is 0 Å². The topological polar surface area (TPSA) is 75.3 Å². The molecular weight excluding hydrogens is 410 g/mol. The summed E-state index contributed by atoms with van der Waals surface area (Å²) in [6, 6.07) is 7.75. The number of carbonyl (C=O) groups is 1. The van der Waals surface area contributed by atoms with Crippen molar-refractivity contribution in [2.45, 2.75) is 113 Å². The van der Waals surface area contributed by atoms with Crippen molar-refractivity contribution >= 4 is 11.6 Å². The Morgan fingerprint density at radius 2 is 1.34 bits per heavy atom. The number of benzene rings is 1. The van der Waals surface area contributed by atoms with Gasteiger partial charge in [-0.3, -0.25) is 4.79 Å². The minimum atomic E-state index is -0.814. The summed E-state index contributed by atoms with van der Waals surface area (Å²) in [6.07, 6.45) is 7.37. The zero-order valence-electron chi connectivity index (χ0n) is 18.7. The number of hydrogen-bond acceptors (Lipinski definition) is 6. The fourth-order valence-electron chi connectivity index (χ4n) is 6.02. The van der Waals surface area contributed by atoms with Gasteiger partial charge in [0.05, 0.1) is 0 Å². The van der Waals surface area contributed by atoms with Crippen molar-refractivity contribution in [1.29, 1.82) is 0 Å². The van der Waals surface area contributed by atoms with Crippen molar-refractivity contribution < 1.29 is 28.5 Å². The van der Waals surface area contributed by atoms with Crippen LogP contribution >= 0.6 is 0 Å². The Labute approximate surface area is 189 Å². The highest BCUT2D eigenvalue weighted by atomic mass is 16.9. The molecule has 6 rings (SSSR count). The van der Waals surface area contributed by atoms with Gasteiger partial charge in [-0.05, 0) is 44.7 Å². The molecule has 1 aromatic rings. The molecule has 3 saturated heterocycles. The zero-order valence-corrected chi connectivity index (χ0v) is 18.7. The molecule has 1 aromatic carbocycles. The maximum Gasteiger partial charge on any atom is 0.256 e. The summed E-state index contributed by atoms with van der Waals surface area (Å²) in [4.78, 5) is 13.4. The molecule has 7 nitrogen and oxygen atoms in total. The molecule has 7 heteroatoms. The van der Waals surface area contributed by atoms with E-state index in [2.05, 4.69) is 5.32 Å². The van der Waals surface area contributed by atoms with Crippen molar-refractivity contribution in [3.63, 3.8) is 0 Å². The molecule has 0 aromatic heterocycles. The number of amides is 1. The van der Waals surface area contributed by atoms with Gasteiger partial charge in [-0.1, -0.05) is 30.5 Å². The predicted molar refractivity (Wildman–Crippen MR) is 116 cm³/mol. The average Bonchev–Trinajstić information content (AvgIpc) is 3.33. The van der Waals surface area contributed by atoms with Gasteiger partial charge in [-0.25, -0.2) is 0 Å². The molecule has 0 bridgehead atoms. The van der Waals surface area contributed by atoms with E-state index in [0.717, 1.165) is 62.6 Å². The molecule has 5 atom stereocenters. The fourth-order valence-corrected chi connectivity index (χ4v) is 6.02. The third kappa shape index (κ3) is 3.68. The lowest BCUT2D eigenvalue weighted by atomic mass is 9.94. The second-order valence-corrected chi connectivity index (χ2v) is 10.1. The maximum absolute atomic E-state index is 13.4. The number of nitrogens with one attached hydrogen (secondary N) is 1. The average molecular weight is 444 g/mol. The van der Waals surface area contributed by atoms with Crippen LogP contribution in [-0.2, 0) is 28.5 Å². The maximum atomic E-state index is 13.4. The summed E-state index contributed by atoms with van der Waals surface area (Å²) in [5.74, 6) is -1.49. The molecule has 3 aliphatic heterocycles. The Hall–Kier alpha value is -1.51. The van der Waals surface area contributed by atoms with Gasteiger partial charge in [0.1, 0.15) is 18.3 Å². The van der Waals surface area contributed by atoms with Gasteiger partial charge in [0, 0.05) is 31.4 Å². The van der Waals surface area contributed by atoms with E-state index in [1.165, 1.54) is 12.8 Å². The molecule has 5 fully saturated rings. The smallest absolute Gasteiger partial charge is 0.256 e. The SMILES string of the molecule is Cc1ccc(NC(=O)[C@@H]2O[C@H]3OC4(CCCCC4)O[C@@H]3[C@H]3OC4(CCCCC4)O[C@@H]32)cc1. The highest BCUT2D eigenvalue weighted by molar-refractivity contribution is 5.94. The molecule has 3 heterocycles. The van der Waals surface area contributed by atoms with E-state index in [9.17, 15) is 4.79 Å². The van der Waals surface area contributed by atoms with Crippen LogP contribution < -0.4 is 5.32 Å². The highest BCUT2D eigenvalue weighted by Gasteiger charge is 2.65. The number of aryl methyl sites for hydroxylation is 1. The van der Waals surface area contributed by atoms with Gasteiger partial charge >= 0.3 is 0 Å². The van der Waals surface area contributed by atoms with Crippen molar-refractivity contribution in [3.05, 3.63) is 29.8 Å². The predicted octanol–water partition coefficient (Wildman–Crippen LogP) is 4.18. The Kier molecular flexibility index (Phi) is 5.30. The van der Waals surface area contributed by atoms with E-state index < -0.39 is 30.1 Å². The first kappa shape index (κ1) is 21.1. The molecule has 1 N–H and O–H groups in total. The first-order valence-corrected chi connectivity index (χ1v) is 12.3. The lowest BCUT2D eigenvalue weighted by Crippen LogP contribution is -2.58. The van der Waals surface area contributed by atoms with E-state index in [-0.39, 0.29) is 18.1 Å². The first-order chi connectivity index (χ1) is 15.5. The third-order valence-corrected chi connectivity index (χ3v) is 7.69.